The highest BCUT2D eigenvalue weighted by molar-refractivity contribution is 9.10. The number of methoxy groups -OCH3 is 1. The van der Waals surface area contributed by atoms with Crippen LogP contribution in [-0.2, 0) is 6.42 Å². The fourth-order valence-electron chi connectivity index (χ4n) is 1.89. The third-order valence-electron chi connectivity index (χ3n) is 2.94. The van der Waals surface area contributed by atoms with Crippen molar-refractivity contribution >= 4 is 15.9 Å². The Balaban J connectivity index is 2.16. The fourth-order valence-corrected chi connectivity index (χ4v) is 2.16. The number of hydrogen-bond acceptors (Lipinski definition) is 4. The van der Waals surface area contributed by atoms with Crippen LogP contribution in [0.1, 0.15) is 17.3 Å². The molecule has 0 bridgehead atoms. The van der Waals surface area contributed by atoms with E-state index in [9.17, 15) is 0 Å². The number of ether oxygens (including phenoxy) is 1. The Morgan fingerprint density at radius 2 is 2.00 bits per heavy atom. The van der Waals surface area contributed by atoms with Crippen molar-refractivity contribution in [2.45, 2.75) is 12.5 Å². The summed E-state index contributed by atoms with van der Waals surface area (Å²) in [5, 5.41) is 3.31. The van der Waals surface area contributed by atoms with Gasteiger partial charge in [-0.15, -0.1) is 0 Å². The Kier molecular flexibility index (Phi) is 4.87. The molecule has 0 saturated heterocycles. The summed E-state index contributed by atoms with van der Waals surface area (Å²) < 4.78 is 6.19. The lowest BCUT2D eigenvalue weighted by molar-refractivity contribution is 0.395. The first-order valence-corrected chi connectivity index (χ1v) is 6.80. The van der Waals surface area contributed by atoms with E-state index in [0.29, 0.717) is 5.88 Å². The number of nitrogens with one attached hydrogen (secondary N) is 1. The van der Waals surface area contributed by atoms with Crippen molar-refractivity contribution in [3.63, 3.8) is 0 Å². The molecule has 0 radical (unpaired) electrons. The van der Waals surface area contributed by atoms with Gasteiger partial charge in [0, 0.05) is 28.7 Å². The van der Waals surface area contributed by atoms with E-state index in [-0.39, 0.29) is 6.04 Å². The Labute approximate surface area is 121 Å². The van der Waals surface area contributed by atoms with E-state index in [1.54, 1.807) is 7.11 Å². The molecule has 1 aromatic heterocycles. The van der Waals surface area contributed by atoms with Gasteiger partial charge in [0.2, 0.25) is 5.88 Å². The summed E-state index contributed by atoms with van der Waals surface area (Å²) in [6.07, 6.45) is 2.32. The van der Waals surface area contributed by atoms with Crippen LogP contribution in [-0.4, -0.2) is 24.1 Å². The van der Waals surface area contributed by atoms with Gasteiger partial charge in [-0.05, 0) is 24.7 Å². The van der Waals surface area contributed by atoms with E-state index in [1.807, 2.05) is 25.2 Å². The van der Waals surface area contributed by atoms with Crippen LogP contribution >= 0.6 is 15.9 Å². The van der Waals surface area contributed by atoms with Crippen molar-refractivity contribution < 1.29 is 4.74 Å². The minimum absolute atomic E-state index is 0.215. The quantitative estimate of drug-likeness (QED) is 0.919. The molecule has 0 amide bonds. The van der Waals surface area contributed by atoms with Crippen LogP contribution in [0, 0.1) is 0 Å². The molecule has 19 heavy (non-hydrogen) atoms. The molecule has 0 fully saturated rings. The molecular weight excluding hydrogens is 306 g/mol. The topological polar surface area (TPSA) is 47.0 Å². The summed E-state index contributed by atoms with van der Waals surface area (Å²) in [7, 11) is 3.56. The predicted molar refractivity (Wildman–Crippen MR) is 78.2 cm³/mol. The molecule has 1 atom stereocenters. The highest BCUT2D eigenvalue weighted by Gasteiger charge is 2.11. The normalized spacial score (nSPS) is 12.2. The summed E-state index contributed by atoms with van der Waals surface area (Å²) in [4.78, 5) is 8.29. The van der Waals surface area contributed by atoms with Crippen molar-refractivity contribution in [1.82, 2.24) is 15.3 Å². The molecule has 0 spiro atoms. The summed E-state index contributed by atoms with van der Waals surface area (Å²) in [6.45, 7) is 0. The standard InChI is InChI=1S/C14H16BrN3O/c1-16-13(10-3-5-11(15)6-4-10)7-12-8-14(19-2)18-9-17-12/h3-6,8-9,13,16H,7H2,1-2H3. The Morgan fingerprint density at radius 1 is 1.26 bits per heavy atom. The SMILES string of the molecule is CNC(Cc1cc(OC)ncn1)c1ccc(Br)cc1. The van der Waals surface area contributed by atoms with E-state index in [2.05, 4.69) is 43.3 Å². The summed E-state index contributed by atoms with van der Waals surface area (Å²) in [5.41, 5.74) is 2.18. The van der Waals surface area contributed by atoms with Gasteiger partial charge in [-0.2, -0.15) is 0 Å². The number of nitrogens with zero attached hydrogens (tertiary/aromatic N) is 2. The molecule has 0 aliphatic carbocycles. The second-order valence-corrected chi connectivity index (χ2v) is 5.06. The molecule has 1 aromatic carbocycles. The monoisotopic (exact) mass is 321 g/mol. The molecule has 100 valence electrons. The van der Waals surface area contributed by atoms with Crippen LogP contribution in [0.25, 0.3) is 0 Å². The maximum absolute atomic E-state index is 5.11. The highest BCUT2D eigenvalue weighted by atomic mass is 79.9. The number of hydrogen-bond donors (Lipinski definition) is 1. The van der Waals surface area contributed by atoms with Gasteiger partial charge in [0.05, 0.1) is 7.11 Å². The Hall–Kier alpha value is -1.46. The number of benzene rings is 1. The number of likely N-dealkylation sites (N-methyl/N-ethyl adjacent to an activating group) is 1. The second-order valence-electron chi connectivity index (χ2n) is 4.15. The molecule has 0 saturated carbocycles. The van der Waals surface area contributed by atoms with Crippen molar-refractivity contribution in [3.8, 4) is 5.88 Å². The molecule has 2 rings (SSSR count). The largest absolute Gasteiger partial charge is 0.481 e. The number of rotatable bonds is 5. The predicted octanol–water partition coefficient (Wildman–Crippen LogP) is 2.75. The van der Waals surface area contributed by atoms with Gasteiger partial charge in [-0.25, -0.2) is 9.97 Å². The lowest BCUT2D eigenvalue weighted by Crippen LogP contribution is -2.19. The maximum atomic E-state index is 5.11. The molecule has 0 aliphatic heterocycles. The summed E-state index contributed by atoms with van der Waals surface area (Å²) >= 11 is 3.44. The smallest absolute Gasteiger partial charge is 0.216 e. The zero-order valence-electron chi connectivity index (χ0n) is 10.9. The van der Waals surface area contributed by atoms with Crippen LogP contribution < -0.4 is 10.1 Å². The minimum atomic E-state index is 0.215. The fraction of sp³-hybridized carbons (Fsp3) is 0.286. The zero-order chi connectivity index (χ0) is 13.7. The first kappa shape index (κ1) is 14.0. The van der Waals surface area contributed by atoms with Gasteiger partial charge < -0.3 is 10.1 Å². The van der Waals surface area contributed by atoms with Crippen LogP contribution in [0.3, 0.4) is 0 Å². The van der Waals surface area contributed by atoms with E-state index in [4.69, 9.17) is 4.74 Å². The van der Waals surface area contributed by atoms with Crippen LogP contribution in [0.4, 0.5) is 0 Å². The van der Waals surface area contributed by atoms with E-state index >= 15 is 0 Å². The van der Waals surface area contributed by atoms with Gasteiger partial charge in [-0.3, -0.25) is 0 Å². The Bertz CT molecular complexity index is 530. The summed E-state index contributed by atoms with van der Waals surface area (Å²) in [5.74, 6) is 0.593. The van der Waals surface area contributed by atoms with E-state index in [0.717, 1.165) is 16.6 Å². The lowest BCUT2D eigenvalue weighted by Gasteiger charge is -2.16. The van der Waals surface area contributed by atoms with E-state index in [1.165, 1.54) is 11.9 Å². The highest BCUT2D eigenvalue weighted by Crippen LogP contribution is 2.20. The average Bonchev–Trinajstić information content (AvgIpc) is 2.46. The van der Waals surface area contributed by atoms with Crippen molar-refractivity contribution in [2.75, 3.05) is 14.2 Å². The van der Waals surface area contributed by atoms with Gasteiger partial charge in [0.25, 0.3) is 0 Å². The molecule has 1 heterocycles. The van der Waals surface area contributed by atoms with Gasteiger partial charge >= 0.3 is 0 Å². The first-order chi connectivity index (χ1) is 9.22. The third kappa shape index (κ3) is 3.75. The number of aromatic nitrogens is 2. The molecule has 1 unspecified atom stereocenters. The third-order valence-corrected chi connectivity index (χ3v) is 3.47. The van der Waals surface area contributed by atoms with Gasteiger partial charge in [-0.1, -0.05) is 28.1 Å². The van der Waals surface area contributed by atoms with Gasteiger partial charge in [0.15, 0.2) is 0 Å². The molecule has 5 heteroatoms. The van der Waals surface area contributed by atoms with Crippen molar-refractivity contribution in [2.24, 2.45) is 0 Å². The van der Waals surface area contributed by atoms with Crippen LogP contribution in [0.5, 0.6) is 5.88 Å². The molecule has 4 nitrogen and oxygen atoms in total. The van der Waals surface area contributed by atoms with Gasteiger partial charge in [0.1, 0.15) is 6.33 Å². The molecule has 2 aromatic rings. The first-order valence-electron chi connectivity index (χ1n) is 6.00. The number of halogens is 1. The van der Waals surface area contributed by atoms with Crippen LogP contribution in [0.2, 0.25) is 0 Å². The van der Waals surface area contributed by atoms with E-state index < -0.39 is 0 Å². The minimum Gasteiger partial charge on any atom is -0.481 e. The van der Waals surface area contributed by atoms with Crippen molar-refractivity contribution in [1.29, 1.82) is 0 Å². The molecule has 1 N–H and O–H groups in total. The summed E-state index contributed by atoms with van der Waals surface area (Å²) in [6, 6.07) is 10.4. The molecular formula is C14H16BrN3O. The van der Waals surface area contributed by atoms with Crippen molar-refractivity contribution in [3.05, 3.63) is 52.4 Å². The average molecular weight is 322 g/mol. The second kappa shape index (κ2) is 6.63. The Morgan fingerprint density at radius 3 is 2.63 bits per heavy atom. The lowest BCUT2D eigenvalue weighted by atomic mass is 10.0. The molecule has 0 aliphatic rings. The maximum Gasteiger partial charge on any atom is 0.216 e. The zero-order valence-corrected chi connectivity index (χ0v) is 12.5. The van der Waals surface area contributed by atoms with Crippen LogP contribution in [0.15, 0.2) is 41.1 Å².